The maximum Gasteiger partial charge on any atom is 0.418 e. The molecule has 1 aromatic carbocycles. The third-order valence-electron chi connectivity index (χ3n) is 4.29. The van der Waals surface area contributed by atoms with Crippen LogP contribution in [0.25, 0.3) is 5.95 Å². The van der Waals surface area contributed by atoms with Gasteiger partial charge in [-0.2, -0.15) is 44.5 Å². The molecule has 0 saturated heterocycles. The van der Waals surface area contributed by atoms with E-state index in [4.69, 9.17) is 4.55 Å². The van der Waals surface area contributed by atoms with Gasteiger partial charge < -0.3 is 5.32 Å². The number of benzene rings is 1. The van der Waals surface area contributed by atoms with E-state index >= 15 is 0 Å². The summed E-state index contributed by atoms with van der Waals surface area (Å²) in [5.41, 5.74) is -5.84. The molecule has 3 aromatic rings. The lowest BCUT2D eigenvalue weighted by Gasteiger charge is -2.20. The molecule has 0 unspecified atom stereocenters. The number of amides is 1. The van der Waals surface area contributed by atoms with Crippen LogP contribution in [0.2, 0.25) is 0 Å². The lowest BCUT2D eigenvalue weighted by Crippen LogP contribution is -2.32. The Kier molecular flexibility index (Phi) is 6.36. The molecule has 182 valence electrons. The highest BCUT2D eigenvalue weighted by Gasteiger charge is 2.44. The number of hydrogen-bond donors (Lipinski definition) is 2. The van der Waals surface area contributed by atoms with Crippen molar-refractivity contribution in [3.63, 3.8) is 0 Å². The van der Waals surface area contributed by atoms with Crippen LogP contribution in [0.3, 0.4) is 0 Å². The summed E-state index contributed by atoms with van der Waals surface area (Å²) in [6.07, 6.45) is -7.27. The van der Waals surface area contributed by atoms with Crippen LogP contribution in [0.4, 0.5) is 26.3 Å². The zero-order valence-corrected chi connectivity index (χ0v) is 17.4. The van der Waals surface area contributed by atoms with E-state index in [0.717, 1.165) is 11.0 Å². The van der Waals surface area contributed by atoms with Crippen LogP contribution in [0.5, 0.6) is 0 Å². The minimum Gasteiger partial charge on any atom is -0.342 e. The summed E-state index contributed by atoms with van der Waals surface area (Å²) in [5, 5.41) is 5.84. The van der Waals surface area contributed by atoms with Crippen LogP contribution >= 0.6 is 0 Å². The largest absolute Gasteiger partial charge is 0.418 e. The van der Waals surface area contributed by atoms with Gasteiger partial charge in [0, 0.05) is 12.4 Å². The Balaban J connectivity index is 2.11. The Morgan fingerprint density at radius 1 is 1.06 bits per heavy atom. The minimum atomic E-state index is -5.81. The highest BCUT2D eigenvalue weighted by molar-refractivity contribution is 7.85. The van der Waals surface area contributed by atoms with Gasteiger partial charge in [0.15, 0.2) is 5.82 Å². The van der Waals surface area contributed by atoms with E-state index in [-0.39, 0.29) is 17.8 Å². The van der Waals surface area contributed by atoms with Crippen molar-refractivity contribution >= 4 is 16.0 Å². The van der Waals surface area contributed by atoms with Gasteiger partial charge in [-0.05, 0) is 25.1 Å². The minimum absolute atomic E-state index is 0.0280. The van der Waals surface area contributed by atoms with E-state index in [9.17, 15) is 39.6 Å². The first-order valence-corrected chi connectivity index (χ1v) is 10.3. The third-order valence-corrected chi connectivity index (χ3v) is 5.16. The van der Waals surface area contributed by atoms with Crippen LogP contribution in [-0.4, -0.2) is 43.6 Å². The molecule has 2 N–H and O–H groups in total. The second-order valence-corrected chi connectivity index (χ2v) is 8.03. The maximum atomic E-state index is 13.6. The molecular formula is C17H12F6N6O4S. The van der Waals surface area contributed by atoms with Gasteiger partial charge in [-0.3, -0.25) is 9.35 Å². The normalized spacial score (nSPS) is 13.5. The second kappa shape index (κ2) is 8.64. The zero-order chi connectivity index (χ0) is 25.5. The molecule has 0 aliphatic carbocycles. The van der Waals surface area contributed by atoms with Gasteiger partial charge in [0.25, 0.3) is 22.0 Å². The van der Waals surface area contributed by atoms with Crippen molar-refractivity contribution in [1.29, 1.82) is 0 Å². The first-order valence-electron chi connectivity index (χ1n) is 8.88. The van der Waals surface area contributed by atoms with E-state index in [2.05, 4.69) is 20.1 Å². The Morgan fingerprint density at radius 2 is 1.68 bits per heavy atom. The van der Waals surface area contributed by atoms with Crippen molar-refractivity contribution in [3.8, 4) is 5.95 Å². The van der Waals surface area contributed by atoms with Crippen LogP contribution in [0.1, 0.15) is 40.3 Å². The Bertz CT molecular complexity index is 1320. The van der Waals surface area contributed by atoms with Gasteiger partial charge in [0.1, 0.15) is 11.2 Å². The molecule has 34 heavy (non-hydrogen) atoms. The molecule has 17 heteroatoms. The Morgan fingerprint density at radius 3 is 2.21 bits per heavy atom. The van der Waals surface area contributed by atoms with Gasteiger partial charge in [0.05, 0.1) is 22.7 Å². The Labute approximate surface area is 186 Å². The molecule has 0 bridgehead atoms. The van der Waals surface area contributed by atoms with Crippen LogP contribution in [0, 0.1) is 0 Å². The summed E-state index contributed by atoms with van der Waals surface area (Å²) < 4.78 is 114. The maximum absolute atomic E-state index is 13.6. The molecule has 0 radical (unpaired) electrons. The van der Waals surface area contributed by atoms with Crippen molar-refractivity contribution in [3.05, 3.63) is 59.4 Å². The molecule has 0 spiro atoms. The van der Waals surface area contributed by atoms with Crippen molar-refractivity contribution in [2.75, 3.05) is 0 Å². The molecule has 2 heterocycles. The standard InChI is InChI=1S/C17H12F6N6O4S/c1-8(13-26-7-27-29(13)15-24-3-2-4-25-15)28-14(30)10-5-9(16(18,19)20)6-11(34(31,32)33)12(10)17(21,22)23/h2-8H,1H3,(H,28,30)(H,31,32,33)/t8-/m1/s1. The number of nitrogens with one attached hydrogen (secondary N) is 1. The number of carbonyl (C=O) groups is 1. The lowest BCUT2D eigenvalue weighted by atomic mass is 10.0. The fraction of sp³-hybridized carbons (Fsp3) is 0.235. The fourth-order valence-electron chi connectivity index (χ4n) is 2.89. The molecule has 0 fully saturated rings. The average Bonchev–Trinajstić information content (AvgIpc) is 3.21. The van der Waals surface area contributed by atoms with E-state index in [1.165, 1.54) is 25.4 Å². The van der Waals surface area contributed by atoms with Gasteiger partial charge in [0.2, 0.25) is 0 Å². The van der Waals surface area contributed by atoms with E-state index in [1.54, 1.807) is 0 Å². The van der Waals surface area contributed by atoms with Crippen LogP contribution in [0.15, 0.2) is 41.8 Å². The molecule has 0 aliphatic rings. The molecule has 10 nitrogen and oxygen atoms in total. The molecule has 1 amide bonds. The van der Waals surface area contributed by atoms with E-state index in [1.807, 2.05) is 5.32 Å². The summed E-state index contributed by atoms with van der Waals surface area (Å²) >= 11 is 0. The third kappa shape index (κ3) is 5.14. The highest BCUT2D eigenvalue weighted by atomic mass is 32.2. The monoisotopic (exact) mass is 510 g/mol. The SMILES string of the molecule is C[C@@H](NC(=O)c1cc(C(F)(F)F)cc(S(=O)(=O)O)c1C(F)(F)F)c1ncnn1-c1ncccn1. The first-order chi connectivity index (χ1) is 15.6. The van der Waals surface area contributed by atoms with E-state index < -0.39 is 62.1 Å². The Hall–Kier alpha value is -3.60. The summed E-state index contributed by atoms with van der Waals surface area (Å²) in [6, 6.07) is -0.347. The average molecular weight is 510 g/mol. The molecule has 2 aromatic heterocycles. The first kappa shape index (κ1) is 25.0. The second-order valence-electron chi connectivity index (χ2n) is 6.64. The number of alkyl halides is 6. The lowest BCUT2D eigenvalue weighted by molar-refractivity contribution is -0.143. The summed E-state index contributed by atoms with van der Waals surface area (Å²) in [5.74, 6) is -1.85. The van der Waals surface area contributed by atoms with Gasteiger partial charge >= 0.3 is 12.4 Å². The summed E-state index contributed by atoms with van der Waals surface area (Å²) in [4.78, 5) is 22.2. The summed E-state index contributed by atoms with van der Waals surface area (Å²) in [6.45, 7) is 1.23. The topological polar surface area (TPSA) is 140 Å². The zero-order valence-electron chi connectivity index (χ0n) is 16.6. The van der Waals surface area contributed by atoms with Crippen molar-refractivity contribution in [1.82, 2.24) is 30.0 Å². The molecule has 0 saturated carbocycles. The molecule has 1 atom stereocenters. The van der Waals surface area contributed by atoms with Gasteiger partial charge in [-0.25, -0.2) is 15.0 Å². The molecular weight excluding hydrogens is 498 g/mol. The van der Waals surface area contributed by atoms with Crippen molar-refractivity contribution in [2.45, 2.75) is 30.2 Å². The van der Waals surface area contributed by atoms with Crippen molar-refractivity contribution in [2.24, 2.45) is 0 Å². The quantitative estimate of drug-likeness (QED) is 0.395. The summed E-state index contributed by atoms with van der Waals surface area (Å²) in [7, 11) is -5.81. The van der Waals surface area contributed by atoms with Gasteiger partial charge in [-0.15, -0.1) is 0 Å². The van der Waals surface area contributed by atoms with Crippen LogP contribution in [-0.2, 0) is 22.5 Å². The smallest absolute Gasteiger partial charge is 0.342 e. The van der Waals surface area contributed by atoms with Gasteiger partial charge in [-0.1, -0.05) is 0 Å². The number of aromatic nitrogens is 5. The highest BCUT2D eigenvalue weighted by Crippen LogP contribution is 2.41. The molecule has 0 aliphatic heterocycles. The number of carbonyl (C=O) groups excluding carboxylic acids is 1. The fourth-order valence-corrected chi connectivity index (χ4v) is 3.65. The predicted molar refractivity (Wildman–Crippen MR) is 99.1 cm³/mol. The van der Waals surface area contributed by atoms with Crippen LogP contribution < -0.4 is 5.32 Å². The number of rotatable bonds is 5. The predicted octanol–water partition coefficient (Wildman–Crippen LogP) is 2.83. The number of hydrogen-bond acceptors (Lipinski definition) is 7. The number of nitrogens with zero attached hydrogens (tertiary/aromatic N) is 5. The molecule has 3 rings (SSSR count). The van der Waals surface area contributed by atoms with E-state index in [0.29, 0.717) is 0 Å². The number of halogens is 6. The van der Waals surface area contributed by atoms with Crippen molar-refractivity contribution < 1.29 is 44.1 Å².